The smallest absolute Gasteiger partial charge is 0.297 e. The van der Waals surface area contributed by atoms with E-state index in [0.717, 1.165) is 0 Å². The van der Waals surface area contributed by atoms with Gasteiger partial charge in [0.15, 0.2) is 5.43 Å². The molecule has 34 heavy (non-hydrogen) atoms. The van der Waals surface area contributed by atoms with Gasteiger partial charge in [-0.3, -0.25) is 14.5 Å². The number of anilines is 1. The Morgan fingerprint density at radius 3 is 2.59 bits per heavy atom. The largest absolute Gasteiger partial charge is 0.457 e. The van der Waals surface area contributed by atoms with Crippen LogP contribution in [0, 0.1) is 0 Å². The molecule has 6 rings (SSSR count). The number of amides is 1. The van der Waals surface area contributed by atoms with Crippen molar-refractivity contribution in [2.45, 2.75) is 6.04 Å². The van der Waals surface area contributed by atoms with Crippen LogP contribution >= 0.6 is 22.9 Å². The average molecular weight is 488 g/mol. The molecule has 0 N–H and O–H groups in total. The number of hydrogen-bond donors (Lipinski definition) is 0. The minimum Gasteiger partial charge on any atom is -0.457 e. The van der Waals surface area contributed by atoms with Crippen LogP contribution in [0.15, 0.2) is 87.5 Å². The Bertz CT molecular complexity index is 1600. The van der Waals surface area contributed by atoms with Gasteiger partial charge in [-0.25, -0.2) is 0 Å². The molecule has 166 valence electrons. The van der Waals surface area contributed by atoms with Gasteiger partial charge in [0, 0.05) is 5.02 Å². The molecular formula is C25H14ClN3O4S. The third kappa shape index (κ3) is 3.35. The summed E-state index contributed by atoms with van der Waals surface area (Å²) in [5.41, 5.74) is 2.40. The van der Waals surface area contributed by atoms with E-state index in [2.05, 4.69) is 10.2 Å². The van der Waals surface area contributed by atoms with Crippen molar-refractivity contribution in [2.24, 2.45) is 0 Å². The lowest BCUT2D eigenvalue weighted by Crippen LogP contribution is -2.29. The molecule has 0 bridgehead atoms. The first-order valence-electron chi connectivity index (χ1n) is 10.3. The summed E-state index contributed by atoms with van der Waals surface area (Å²) >= 11 is 7.34. The van der Waals surface area contributed by atoms with E-state index >= 15 is 0 Å². The molecule has 0 saturated heterocycles. The second kappa shape index (κ2) is 8.09. The Balaban J connectivity index is 1.55. The van der Waals surface area contributed by atoms with Crippen LogP contribution in [0.1, 0.15) is 27.7 Å². The lowest BCUT2D eigenvalue weighted by molar-refractivity contribution is 0.0970. The SMILES string of the molecule is O=C1c2oc3ccc(Cl)cc3c(=O)c2C(c2cccc(Oc3ccccc3)c2)N1c1nncs1. The summed E-state index contributed by atoms with van der Waals surface area (Å²) in [6, 6.07) is 20.6. The molecular weight excluding hydrogens is 474 g/mol. The quantitative estimate of drug-likeness (QED) is 0.316. The summed E-state index contributed by atoms with van der Waals surface area (Å²) in [6.45, 7) is 0. The summed E-state index contributed by atoms with van der Waals surface area (Å²) in [6.07, 6.45) is 0. The van der Waals surface area contributed by atoms with E-state index in [9.17, 15) is 9.59 Å². The van der Waals surface area contributed by atoms with Gasteiger partial charge in [0.1, 0.15) is 22.6 Å². The van der Waals surface area contributed by atoms with Crippen molar-refractivity contribution in [2.75, 3.05) is 4.90 Å². The molecule has 9 heteroatoms. The summed E-state index contributed by atoms with van der Waals surface area (Å²) in [5.74, 6) is 0.758. The van der Waals surface area contributed by atoms with E-state index < -0.39 is 11.9 Å². The van der Waals surface area contributed by atoms with Crippen LogP contribution in [0.2, 0.25) is 5.02 Å². The fourth-order valence-electron chi connectivity index (χ4n) is 4.10. The van der Waals surface area contributed by atoms with Gasteiger partial charge in [-0.15, -0.1) is 10.2 Å². The maximum Gasteiger partial charge on any atom is 0.297 e. The normalized spacial score (nSPS) is 15.0. The zero-order chi connectivity index (χ0) is 23.2. The first kappa shape index (κ1) is 20.6. The second-order valence-corrected chi connectivity index (χ2v) is 8.85. The molecule has 0 radical (unpaired) electrons. The maximum atomic E-state index is 13.6. The van der Waals surface area contributed by atoms with Gasteiger partial charge in [0.2, 0.25) is 10.9 Å². The summed E-state index contributed by atoms with van der Waals surface area (Å²) < 4.78 is 11.9. The summed E-state index contributed by atoms with van der Waals surface area (Å²) in [7, 11) is 0. The minimum atomic E-state index is -0.769. The number of rotatable bonds is 4. The van der Waals surface area contributed by atoms with Crippen LogP contribution in [-0.2, 0) is 0 Å². The standard InChI is InChI=1S/C25H14ClN3O4S/c26-15-9-10-19-18(12-15)22(30)20-21(29(24(31)23(20)33-19)25-28-27-13-34-25)14-5-4-8-17(11-14)32-16-6-2-1-3-7-16/h1-13,21H. The van der Waals surface area contributed by atoms with Crippen molar-refractivity contribution in [3.8, 4) is 11.5 Å². The van der Waals surface area contributed by atoms with Crippen molar-refractivity contribution in [3.05, 3.63) is 110 Å². The van der Waals surface area contributed by atoms with Gasteiger partial charge < -0.3 is 9.15 Å². The van der Waals surface area contributed by atoms with Crippen LogP contribution in [0.5, 0.6) is 11.5 Å². The molecule has 0 aliphatic carbocycles. The number of carbonyl (C=O) groups excluding carboxylic acids is 1. The number of hydrogen-bond acceptors (Lipinski definition) is 7. The Morgan fingerprint density at radius 2 is 1.79 bits per heavy atom. The zero-order valence-electron chi connectivity index (χ0n) is 17.3. The van der Waals surface area contributed by atoms with Crippen molar-refractivity contribution < 1.29 is 13.9 Å². The number of halogens is 1. The van der Waals surface area contributed by atoms with Crippen LogP contribution in [0.25, 0.3) is 11.0 Å². The highest BCUT2D eigenvalue weighted by atomic mass is 35.5. The van der Waals surface area contributed by atoms with Crippen LogP contribution in [0.3, 0.4) is 0 Å². The predicted molar refractivity (Wildman–Crippen MR) is 129 cm³/mol. The Hall–Kier alpha value is -4.01. The van der Waals surface area contributed by atoms with Crippen molar-refractivity contribution in [3.63, 3.8) is 0 Å². The third-order valence-electron chi connectivity index (χ3n) is 5.54. The summed E-state index contributed by atoms with van der Waals surface area (Å²) in [4.78, 5) is 28.6. The van der Waals surface area contributed by atoms with Gasteiger partial charge in [0.25, 0.3) is 5.91 Å². The zero-order valence-corrected chi connectivity index (χ0v) is 18.9. The second-order valence-electron chi connectivity index (χ2n) is 7.60. The number of para-hydroxylation sites is 1. The molecule has 1 aliphatic heterocycles. The molecule has 3 aromatic carbocycles. The van der Waals surface area contributed by atoms with E-state index in [1.807, 2.05) is 48.5 Å². The van der Waals surface area contributed by atoms with E-state index in [1.54, 1.807) is 24.3 Å². The molecule has 3 heterocycles. The lowest BCUT2D eigenvalue weighted by Gasteiger charge is -2.22. The summed E-state index contributed by atoms with van der Waals surface area (Å²) in [5, 5.41) is 9.03. The van der Waals surface area contributed by atoms with Crippen LogP contribution < -0.4 is 15.1 Å². The fraction of sp³-hybridized carbons (Fsp3) is 0.0400. The molecule has 2 aromatic heterocycles. The minimum absolute atomic E-state index is 0.0191. The Kier molecular flexibility index (Phi) is 4.90. The van der Waals surface area contributed by atoms with Gasteiger partial charge >= 0.3 is 0 Å². The number of aromatic nitrogens is 2. The highest BCUT2D eigenvalue weighted by Crippen LogP contribution is 2.42. The van der Waals surface area contributed by atoms with E-state index in [0.29, 0.717) is 38.2 Å². The Labute approximate surface area is 201 Å². The lowest BCUT2D eigenvalue weighted by atomic mass is 9.98. The predicted octanol–water partition coefficient (Wildman–Crippen LogP) is 5.84. The van der Waals surface area contributed by atoms with Crippen molar-refractivity contribution >= 4 is 44.9 Å². The van der Waals surface area contributed by atoms with Gasteiger partial charge in [-0.2, -0.15) is 0 Å². The van der Waals surface area contributed by atoms with Crippen molar-refractivity contribution in [1.82, 2.24) is 10.2 Å². The molecule has 1 aliphatic rings. The van der Waals surface area contributed by atoms with Gasteiger partial charge in [0.05, 0.1) is 17.0 Å². The molecule has 1 atom stereocenters. The van der Waals surface area contributed by atoms with Crippen LogP contribution in [0.4, 0.5) is 5.13 Å². The first-order chi connectivity index (χ1) is 16.6. The van der Waals surface area contributed by atoms with Gasteiger partial charge in [-0.1, -0.05) is 53.3 Å². The first-order valence-corrected chi connectivity index (χ1v) is 11.5. The highest BCUT2D eigenvalue weighted by molar-refractivity contribution is 7.13. The average Bonchev–Trinajstić information content (AvgIpc) is 3.47. The molecule has 0 fully saturated rings. The Morgan fingerprint density at radius 1 is 0.971 bits per heavy atom. The third-order valence-corrected chi connectivity index (χ3v) is 6.46. The number of ether oxygens (including phenoxy) is 1. The highest BCUT2D eigenvalue weighted by Gasteiger charge is 2.45. The van der Waals surface area contributed by atoms with Crippen LogP contribution in [-0.4, -0.2) is 16.1 Å². The van der Waals surface area contributed by atoms with Crippen molar-refractivity contribution in [1.29, 1.82) is 0 Å². The molecule has 7 nitrogen and oxygen atoms in total. The number of carbonyl (C=O) groups is 1. The van der Waals surface area contributed by atoms with E-state index in [1.165, 1.54) is 21.7 Å². The van der Waals surface area contributed by atoms with Gasteiger partial charge in [-0.05, 0) is 48.0 Å². The molecule has 0 spiro atoms. The fourth-order valence-corrected chi connectivity index (χ4v) is 4.86. The number of benzene rings is 3. The molecule has 1 amide bonds. The molecule has 0 saturated carbocycles. The molecule has 5 aromatic rings. The van der Waals surface area contributed by atoms with E-state index in [-0.39, 0.29) is 16.8 Å². The maximum absolute atomic E-state index is 13.6. The number of fused-ring (bicyclic) bond motifs is 2. The number of nitrogens with zero attached hydrogens (tertiary/aromatic N) is 3. The topological polar surface area (TPSA) is 85.5 Å². The monoisotopic (exact) mass is 487 g/mol. The van der Waals surface area contributed by atoms with E-state index in [4.69, 9.17) is 20.8 Å². The molecule has 1 unspecified atom stereocenters.